The molecule has 2 aromatic carbocycles. The number of rotatable bonds is 2. The zero-order valence-corrected chi connectivity index (χ0v) is 10.7. The van der Waals surface area contributed by atoms with Crippen molar-refractivity contribution in [1.29, 1.82) is 0 Å². The van der Waals surface area contributed by atoms with Gasteiger partial charge >= 0.3 is 0 Å². The van der Waals surface area contributed by atoms with Crippen LogP contribution in [0.15, 0.2) is 71.3 Å². The molecule has 20 heavy (non-hydrogen) atoms. The minimum Gasteiger partial charge on any atom is -0.438 e. The fourth-order valence-corrected chi connectivity index (χ4v) is 2.38. The molecular formula is C17H12N2O. The van der Waals surface area contributed by atoms with Crippen LogP contribution in [0.3, 0.4) is 0 Å². The van der Waals surface area contributed by atoms with E-state index in [9.17, 15) is 0 Å². The number of benzene rings is 2. The lowest BCUT2D eigenvalue weighted by Gasteiger charge is -2.05. The maximum Gasteiger partial charge on any atom is 0.227 e. The van der Waals surface area contributed by atoms with E-state index in [1.54, 1.807) is 6.20 Å². The predicted molar refractivity (Wildman–Crippen MR) is 81.2 cm³/mol. The van der Waals surface area contributed by atoms with Crippen LogP contribution in [0.4, 0.5) is 11.4 Å². The van der Waals surface area contributed by atoms with Gasteiger partial charge in [0.05, 0.1) is 0 Å². The number of hydrogen-bond donors (Lipinski definition) is 1. The van der Waals surface area contributed by atoms with Gasteiger partial charge < -0.3 is 9.73 Å². The molecule has 96 valence electrons. The second kappa shape index (κ2) is 4.38. The summed E-state index contributed by atoms with van der Waals surface area (Å²) in [4.78, 5) is 4.25. The number of nitrogens with one attached hydrogen (secondary N) is 1. The molecule has 3 heteroatoms. The van der Waals surface area contributed by atoms with Gasteiger partial charge in [0.25, 0.3) is 0 Å². The normalized spacial score (nSPS) is 11.0. The van der Waals surface area contributed by atoms with Gasteiger partial charge in [-0.3, -0.25) is 0 Å². The summed E-state index contributed by atoms with van der Waals surface area (Å²) in [6.07, 6.45) is 1.74. The molecule has 0 spiro atoms. The number of anilines is 2. The van der Waals surface area contributed by atoms with Crippen LogP contribution < -0.4 is 5.32 Å². The third-order valence-corrected chi connectivity index (χ3v) is 3.31. The number of furan rings is 1. The average Bonchev–Trinajstić information content (AvgIpc) is 2.86. The summed E-state index contributed by atoms with van der Waals surface area (Å²) >= 11 is 0. The van der Waals surface area contributed by atoms with Crippen molar-refractivity contribution < 1.29 is 4.42 Å². The van der Waals surface area contributed by atoms with Crippen molar-refractivity contribution in [3.05, 3.63) is 66.9 Å². The zero-order chi connectivity index (χ0) is 13.4. The van der Waals surface area contributed by atoms with Gasteiger partial charge in [-0.2, -0.15) is 0 Å². The minimum atomic E-state index is 0.680. The van der Waals surface area contributed by atoms with E-state index >= 15 is 0 Å². The lowest BCUT2D eigenvalue weighted by atomic mass is 10.2. The van der Waals surface area contributed by atoms with Crippen LogP contribution in [0.1, 0.15) is 0 Å². The highest BCUT2D eigenvalue weighted by Gasteiger charge is 2.07. The van der Waals surface area contributed by atoms with Gasteiger partial charge in [-0.25, -0.2) is 4.98 Å². The third kappa shape index (κ3) is 1.80. The van der Waals surface area contributed by atoms with E-state index in [1.807, 2.05) is 48.5 Å². The molecule has 0 saturated heterocycles. The molecule has 0 fully saturated rings. The first-order valence-corrected chi connectivity index (χ1v) is 6.49. The Morgan fingerprint density at radius 3 is 2.60 bits per heavy atom. The second-order valence-electron chi connectivity index (χ2n) is 4.66. The topological polar surface area (TPSA) is 38.1 Å². The average molecular weight is 260 g/mol. The number of pyridine rings is 1. The summed E-state index contributed by atoms with van der Waals surface area (Å²) in [6.45, 7) is 0. The number of para-hydroxylation sites is 1. The van der Waals surface area contributed by atoms with Crippen LogP contribution in [0.5, 0.6) is 0 Å². The second-order valence-corrected chi connectivity index (χ2v) is 4.66. The fourth-order valence-electron chi connectivity index (χ4n) is 2.38. The maximum absolute atomic E-state index is 5.78. The molecule has 2 heterocycles. The molecule has 0 bridgehead atoms. The molecule has 0 amide bonds. The Morgan fingerprint density at radius 1 is 0.800 bits per heavy atom. The molecule has 1 N–H and O–H groups in total. The molecule has 0 aliphatic rings. The number of fused-ring (bicyclic) bond motifs is 3. The first-order valence-electron chi connectivity index (χ1n) is 6.49. The third-order valence-electron chi connectivity index (χ3n) is 3.31. The Morgan fingerprint density at radius 2 is 1.70 bits per heavy atom. The van der Waals surface area contributed by atoms with E-state index in [0.29, 0.717) is 5.71 Å². The van der Waals surface area contributed by atoms with E-state index in [1.165, 1.54) is 0 Å². The Kier molecular flexibility index (Phi) is 2.42. The molecule has 2 aromatic heterocycles. The van der Waals surface area contributed by atoms with E-state index < -0.39 is 0 Å². The van der Waals surface area contributed by atoms with Gasteiger partial charge in [0, 0.05) is 34.4 Å². The molecule has 0 unspecified atom stereocenters. The van der Waals surface area contributed by atoms with Gasteiger partial charge in [-0.1, -0.05) is 18.2 Å². The summed E-state index contributed by atoms with van der Waals surface area (Å²) in [5.41, 5.74) is 3.59. The minimum absolute atomic E-state index is 0.680. The molecule has 0 aliphatic heterocycles. The highest BCUT2D eigenvalue weighted by Crippen LogP contribution is 2.30. The fraction of sp³-hybridized carbons (Fsp3) is 0. The lowest BCUT2D eigenvalue weighted by molar-refractivity contribution is 0.654. The number of aromatic nitrogens is 1. The predicted octanol–water partition coefficient (Wildman–Crippen LogP) is 4.72. The molecule has 0 radical (unpaired) electrons. The Bertz CT molecular complexity index is 881. The molecule has 4 rings (SSSR count). The van der Waals surface area contributed by atoms with Crippen LogP contribution >= 0.6 is 0 Å². The van der Waals surface area contributed by atoms with Crippen molar-refractivity contribution in [1.82, 2.24) is 4.98 Å². The lowest BCUT2D eigenvalue weighted by Crippen LogP contribution is -1.88. The van der Waals surface area contributed by atoms with Crippen molar-refractivity contribution in [2.75, 3.05) is 5.32 Å². The summed E-state index contributed by atoms with van der Waals surface area (Å²) in [5.74, 6) is 0. The number of nitrogens with zero attached hydrogens (tertiary/aromatic N) is 1. The largest absolute Gasteiger partial charge is 0.438 e. The SMILES string of the molecule is c1ccc(Nc2ccc3c(c2)oc2ncccc23)cc1. The smallest absolute Gasteiger partial charge is 0.227 e. The Labute approximate surface area is 115 Å². The van der Waals surface area contributed by atoms with Crippen LogP contribution in [-0.2, 0) is 0 Å². The number of hydrogen-bond acceptors (Lipinski definition) is 3. The maximum atomic E-state index is 5.78. The summed E-state index contributed by atoms with van der Waals surface area (Å²) in [6, 6.07) is 20.1. The molecule has 3 nitrogen and oxygen atoms in total. The van der Waals surface area contributed by atoms with Crippen molar-refractivity contribution >= 4 is 33.4 Å². The summed E-state index contributed by atoms with van der Waals surface area (Å²) in [7, 11) is 0. The summed E-state index contributed by atoms with van der Waals surface area (Å²) in [5, 5.41) is 5.50. The van der Waals surface area contributed by atoms with Gasteiger partial charge in [-0.15, -0.1) is 0 Å². The van der Waals surface area contributed by atoms with Crippen molar-refractivity contribution in [3.8, 4) is 0 Å². The highest BCUT2D eigenvalue weighted by molar-refractivity contribution is 6.04. The molecule has 0 saturated carbocycles. The Hall–Kier alpha value is -2.81. The standard InChI is InChI=1S/C17H12N2O/c1-2-5-12(6-3-1)19-13-8-9-14-15-7-4-10-18-17(15)20-16(14)11-13/h1-11,19H. The summed E-state index contributed by atoms with van der Waals surface area (Å²) < 4.78 is 5.78. The van der Waals surface area contributed by atoms with Crippen LogP contribution in [-0.4, -0.2) is 4.98 Å². The van der Waals surface area contributed by atoms with Crippen LogP contribution in [0.2, 0.25) is 0 Å². The zero-order valence-electron chi connectivity index (χ0n) is 10.7. The van der Waals surface area contributed by atoms with Crippen LogP contribution in [0, 0.1) is 0 Å². The van der Waals surface area contributed by atoms with Crippen molar-refractivity contribution in [2.45, 2.75) is 0 Å². The van der Waals surface area contributed by atoms with E-state index in [-0.39, 0.29) is 0 Å². The van der Waals surface area contributed by atoms with E-state index in [0.717, 1.165) is 27.7 Å². The Balaban J connectivity index is 1.81. The van der Waals surface area contributed by atoms with Gasteiger partial charge in [0.1, 0.15) is 5.58 Å². The van der Waals surface area contributed by atoms with Crippen molar-refractivity contribution in [3.63, 3.8) is 0 Å². The first-order chi connectivity index (χ1) is 9.90. The van der Waals surface area contributed by atoms with Crippen LogP contribution in [0.25, 0.3) is 22.1 Å². The molecule has 0 aliphatic carbocycles. The van der Waals surface area contributed by atoms with Gasteiger partial charge in [0.15, 0.2) is 0 Å². The molecular weight excluding hydrogens is 248 g/mol. The molecule has 0 atom stereocenters. The molecule has 4 aromatic rings. The highest BCUT2D eigenvalue weighted by atomic mass is 16.3. The van der Waals surface area contributed by atoms with Gasteiger partial charge in [0.2, 0.25) is 5.71 Å². The van der Waals surface area contributed by atoms with E-state index in [4.69, 9.17) is 4.42 Å². The quantitative estimate of drug-likeness (QED) is 0.566. The first kappa shape index (κ1) is 11.1. The van der Waals surface area contributed by atoms with Crippen molar-refractivity contribution in [2.24, 2.45) is 0 Å². The monoisotopic (exact) mass is 260 g/mol. The van der Waals surface area contributed by atoms with E-state index in [2.05, 4.69) is 22.4 Å². The van der Waals surface area contributed by atoms with Gasteiger partial charge in [-0.05, 0) is 36.4 Å².